The summed E-state index contributed by atoms with van der Waals surface area (Å²) in [5.41, 5.74) is 0.375. The van der Waals surface area contributed by atoms with Gasteiger partial charge in [0.2, 0.25) is 11.9 Å². The minimum Gasteiger partial charge on any atom is -0.343 e. The molecule has 1 aromatic heterocycles. The maximum absolute atomic E-state index is 12.6. The Hall–Kier alpha value is -1.86. The van der Waals surface area contributed by atoms with Crippen LogP contribution >= 0.6 is 0 Å². The highest BCUT2D eigenvalue weighted by Gasteiger charge is 2.30. The molecule has 8 heteroatoms. The molecule has 0 radical (unpaired) electrons. The van der Waals surface area contributed by atoms with Crippen LogP contribution in [0.5, 0.6) is 0 Å². The number of aryl methyl sites for hydroxylation is 1. The molecule has 1 aliphatic rings. The van der Waals surface area contributed by atoms with Crippen LogP contribution in [0.25, 0.3) is 0 Å². The van der Waals surface area contributed by atoms with Gasteiger partial charge in [-0.2, -0.15) is 13.2 Å². The van der Waals surface area contributed by atoms with Crippen molar-refractivity contribution in [3.05, 3.63) is 18.0 Å². The van der Waals surface area contributed by atoms with E-state index >= 15 is 0 Å². The highest BCUT2D eigenvalue weighted by molar-refractivity contribution is 5.79. The van der Waals surface area contributed by atoms with E-state index in [4.69, 9.17) is 0 Å². The van der Waals surface area contributed by atoms with Gasteiger partial charge < -0.3 is 9.80 Å². The van der Waals surface area contributed by atoms with Crippen molar-refractivity contribution >= 4 is 11.9 Å². The van der Waals surface area contributed by atoms with Crippen LogP contribution in [0.2, 0.25) is 0 Å². The summed E-state index contributed by atoms with van der Waals surface area (Å²) in [6.07, 6.45) is -2.10. The van der Waals surface area contributed by atoms with Gasteiger partial charge in [-0.1, -0.05) is 0 Å². The number of anilines is 1. The van der Waals surface area contributed by atoms with E-state index in [0.717, 1.165) is 12.8 Å². The monoisotopic (exact) mass is 358 g/mol. The molecular formula is C17H25F3N4O. The van der Waals surface area contributed by atoms with Gasteiger partial charge in [0.15, 0.2) is 0 Å². The molecule has 25 heavy (non-hydrogen) atoms. The molecule has 0 saturated carbocycles. The lowest BCUT2D eigenvalue weighted by Crippen LogP contribution is -2.45. The minimum atomic E-state index is -4.20. The summed E-state index contributed by atoms with van der Waals surface area (Å²) >= 11 is 0. The lowest BCUT2D eigenvalue weighted by atomic mass is 9.96. The van der Waals surface area contributed by atoms with Crippen LogP contribution in [-0.4, -0.2) is 53.1 Å². The fraction of sp³-hybridized carbons (Fsp3) is 0.706. The number of carbonyl (C=O) groups is 1. The third-order valence-corrected chi connectivity index (χ3v) is 4.49. The Balaban J connectivity index is 2.04. The lowest BCUT2D eigenvalue weighted by Gasteiger charge is -2.34. The molecule has 2 heterocycles. The third kappa shape index (κ3) is 5.57. The van der Waals surface area contributed by atoms with Crippen LogP contribution in [0.4, 0.5) is 19.1 Å². The van der Waals surface area contributed by atoms with Crippen LogP contribution < -0.4 is 4.90 Å². The summed E-state index contributed by atoms with van der Waals surface area (Å²) in [7, 11) is 0. The molecule has 1 fully saturated rings. The zero-order valence-corrected chi connectivity index (χ0v) is 14.7. The molecule has 0 aromatic carbocycles. The fourth-order valence-electron chi connectivity index (χ4n) is 3.10. The Labute approximate surface area is 146 Å². The van der Waals surface area contributed by atoms with Crippen molar-refractivity contribution in [2.75, 3.05) is 31.1 Å². The van der Waals surface area contributed by atoms with Gasteiger partial charge in [0.1, 0.15) is 0 Å². The van der Waals surface area contributed by atoms with Gasteiger partial charge in [-0.25, -0.2) is 9.97 Å². The number of nitrogens with zero attached hydrogens (tertiary/aromatic N) is 4. The molecule has 0 N–H and O–H groups in total. The number of hydrogen-bond donors (Lipinski definition) is 0. The molecule has 1 amide bonds. The van der Waals surface area contributed by atoms with Gasteiger partial charge in [0.25, 0.3) is 0 Å². The SMILES string of the molecule is CCN(CC)C(=O)C1CCCN(c2nccc(CCC(F)(F)F)n2)C1. The quantitative estimate of drug-likeness (QED) is 0.784. The third-order valence-electron chi connectivity index (χ3n) is 4.49. The summed E-state index contributed by atoms with van der Waals surface area (Å²) < 4.78 is 37.2. The Bertz CT molecular complexity index is 575. The second-order valence-electron chi connectivity index (χ2n) is 6.26. The van der Waals surface area contributed by atoms with Gasteiger partial charge in [-0.3, -0.25) is 4.79 Å². The van der Waals surface area contributed by atoms with Crippen LogP contribution in [0, 0.1) is 5.92 Å². The molecule has 2 rings (SSSR count). The first-order valence-corrected chi connectivity index (χ1v) is 8.76. The summed E-state index contributed by atoms with van der Waals surface area (Å²) in [4.78, 5) is 24.7. The summed E-state index contributed by atoms with van der Waals surface area (Å²) in [6.45, 7) is 6.48. The first kappa shape index (κ1) is 19.5. The first-order valence-electron chi connectivity index (χ1n) is 8.76. The number of aromatic nitrogens is 2. The molecule has 1 aliphatic heterocycles. The molecule has 5 nitrogen and oxygen atoms in total. The van der Waals surface area contributed by atoms with Crippen molar-refractivity contribution < 1.29 is 18.0 Å². The van der Waals surface area contributed by atoms with E-state index in [1.165, 1.54) is 12.3 Å². The smallest absolute Gasteiger partial charge is 0.343 e. The molecule has 0 spiro atoms. The predicted octanol–water partition coefficient (Wildman–Crippen LogP) is 3.06. The maximum atomic E-state index is 12.6. The minimum absolute atomic E-state index is 0.115. The number of piperidine rings is 1. The number of halogens is 3. The Kier molecular flexibility index (Phi) is 6.61. The van der Waals surface area contributed by atoms with E-state index in [9.17, 15) is 18.0 Å². The van der Waals surface area contributed by atoms with E-state index in [2.05, 4.69) is 9.97 Å². The number of hydrogen-bond acceptors (Lipinski definition) is 4. The molecule has 1 saturated heterocycles. The van der Waals surface area contributed by atoms with Gasteiger partial charge in [-0.15, -0.1) is 0 Å². The zero-order chi connectivity index (χ0) is 18.4. The van der Waals surface area contributed by atoms with Crippen LogP contribution in [0.1, 0.15) is 38.8 Å². The second kappa shape index (κ2) is 8.49. The van der Waals surface area contributed by atoms with E-state index in [0.29, 0.717) is 37.8 Å². The van der Waals surface area contributed by atoms with Crippen LogP contribution in [0.15, 0.2) is 12.3 Å². The molecule has 1 aromatic rings. The molecule has 1 unspecified atom stereocenters. The number of rotatable bonds is 6. The summed E-state index contributed by atoms with van der Waals surface area (Å²) in [6, 6.07) is 1.51. The van der Waals surface area contributed by atoms with E-state index in [1.807, 2.05) is 23.6 Å². The van der Waals surface area contributed by atoms with E-state index in [-0.39, 0.29) is 18.2 Å². The highest BCUT2D eigenvalue weighted by Crippen LogP contribution is 2.24. The molecule has 0 aliphatic carbocycles. The average molecular weight is 358 g/mol. The van der Waals surface area contributed by atoms with E-state index < -0.39 is 12.6 Å². The first-order chi connectivity index (χ1) is 11.8. The number of carbonyl (C=O) groups excluding carboxylic acids is 1. The van der Waals surface area contributed by atoms with Crippen molar-refractivity contribution in [1.29, 1.82) is 0 Å². The fourth-order valence-corrected chi connectivity index (χ4v) is 3.10. The summed E-state index contributed by atoms with van der Waals surface area (Å²) in [5, 5.41) is 0. The zero-order valence-electron chi connectivity index (χ0n) is 14.7. The Morgan fingerprint density at radius 3 is 2.72 bits per heavy atom. The number of alkyl halides is 3. The van der Waals surface area contributed by atoms with Gasteiger partial charge in [0, 0.05) is 44.5 Å². The van der Waals surface area contributed by atoms with Crippen LogP contribution in [0.3, 0.4) is 0 Å². The van der Waals surface area contributed by atoms with Crippen molar-refractivity contribution in [1.82, 2.24) is 14.9 Å². The van der Waals surface area contributed by atoms with Crippen molar-refractivity contribution in [2.24, 2.45) is 5.92 Å². The van der Waals surface area contributed by atoms with Crippen LogP contribution in [-0.2, 0) is 11.2 Å². The Morgan fingerprint density at radius 2 is 2.08 bits per heavy atom. The van der Waals surface area contributed by atoms with Crippen molar-refractivity contribution in [3.8, 4) is 0 Å². The maximum Gasteiger partial charge on any atom is 0.389 e. The standard InChI is InChI=1S/C17H25F3N4O/c1-3-23(4-2)15(25)13-6-5-11-24(12-13)16-21-10-8-14(22-16)7-9-17(18,19)20/h8,10,13H,3-7,9,11-12H2,1-2H3. The molecule has 140 valence electrons. The van der Waals surface area contributed by atoms with Crippen molar-refractivity contribution in [2.45, 2.75) is 45.7 Å². The topological polar surface area (TPSA) is 49.3 Å². The second-order valence-corrected chi connectivity index (χ2v) is 6.26. The average Bonchev–Trinajstić information content (AvgIpc) is 2.61. The highest BCUT2D eigenvalue weighted by atomic mass is 19.4. The van der Waals surface area contributed by atoms with Gasteiger partial charge >= 0.3 is 6.18 Å². The lowest BCUT2D eigenvalue weighted by molar-refractivity contribution is -0.135. The molecular weight excluding hydrogens is 333 g/mol. The largest absolute Gasteiger partial charge is 0.389 e. The van der Waals surface area contributed by atoms with Crippen molar-refractivity contribution in [3.63, 3.8) is 0 Å². The predicted molar refractivity (Wildman–Crippen MR) is 89.3 cm³/mol. The number of amides is 1. The molecule has 1 atom stereocenters. The molecule has 0 bridgehead atoms. The van der Waals surface area contributed by atoms with Gasteiger partial charge in [0.05, 0.1) is 5.92 Å². The Morgan fingerprint density at radius 1 is 1.36 bits per heavy atom. The van der Waals surface area contributed by atoms with Gasteiger partial charge in [-0.05, 0) is 39.2 Å². The summed E-state index contributed by atoms with van der Waals surface area (Å²) in [5.74, 6) is 0.427. The van der Waals surface area contributed by atoms with E-state index in [1.54, 1.807) is 0 Å². The normalized spacial score (nSPS) is 18.3.